The normalized spacial score (nSPS) is 12.7. The number of amides is 2. The van der Waals surface area contributed by atoms with Crippen LogP contribution in [0.25, 0.3) is 10.8 Å². The van der Waals surface area contributed by atoms with Crippen LogP contribution in [0.15, 0.2) is 54.6 Å². The maximum atomic E-state index is 12.7. The molecule has 0 saturated carbocycles. The number of nitrogens with one attached hydrogen (secondary N) is 1. The van der Waals surface area contributed by atoms with Crippen molar-refractivity contribution >= 4 is 57.2 Å². The molecule has 6 heteroatoms. The van der Waals surface area contributed by atoms with Crippen molar-refractivity contribution in [1.29, 1.82) is 0 Å². The summed E-state index contributed by atoms with van der Waals surface area (Å²) < 4.78 is 0. The van der Waals surface area contributed by atoms with Gasteiger partial charge in [-0.15, -0.1) is 0 Å². The van der Waals surface area contributed by atoms with Crippen molar-refractivity contribution in [3.63, 3.8) is 0 Å². The number of nitrogens with zero attached hydrogens (tertiary/aromatic N) is 1. The minimum Gasteiger partial charge on any atom is -0.326 e. The van der Waals surface area contributed by atoms with Gasteiger partial charge in [0.25, 0.3) is 5.91 Å². The maximum Gasteiger partial charge on any atom is 0.258 e. The van der Waals surface area contributed by atoms with E-state index in [1.807, 2.05) is 36.4 Å². The molecular weight excluding hydrogens is 383 g/mol. The molecule has 0 atom stereocenters. The second-order valence-electron chi connectivity index (χ2n) is 6.45. The Balaban J connectivity index is 1.41. The Morgan fingerprint density at radius 2 is 1.70 bits per heavy atom. The van der Waals surface area contributed by atoms with Gasteiger partial charge in [0.1, 0.15) is 0 Å². The quantitative estimate of drug-likeness (QED) is 0.614. The molecule has 0 bridgehead atoms. The fourth-order valence-electron chi connectivity index (χ4n) is 3.45. The molecule has 0 saturated heterocycles. The van der Waals surface area contributed by atoms with Crippen molar-refractivity contribution in [2.75, 3.05) is 16.8 Å². The number of halogens is 2. The molecule has 0 radical (unpaired) electrons. The van der Waals surface area contributed by atoms with Gasteiger partial charge < -0.3 is 10.2 Å². The van der Waals surface area contributed by atoms with Crippen LogP contribution in [-0.4, -0.2) is 18.4 Å². The molecule has 136 valence electrons. The summed E-state index contributed by atoms with van der Waals surface area (Å²) in [5.74, 6) is -0.153. The lowest BCUT2D eigenvalue weighted by atomic mass is 10.1. The molecule has 3 aromatic rings. The third-order valence-corrected chi connectivity index (χ3v) is 5.02. The van der Waals surface area contributed by atoms with Crippen molar-refractivity contribution in [2.45, 2.75) is 12.8 Å². The number of rotatable bonds is 5. The zero-order valence-corrected chi connectivity index (χ0v) is 15.8. The van der Waals surface area contributed by atoms with E-state index in [0.29, 0.717) is 35.1 Å². The molecule has 4 rings (SSSR count). The molecule has 1 aliphatic rings. The summed E-state index contributed by atoms with van der Waals surface area (Å²) in [6.45, 7) is 0.482. The average molecular weight is 399 g/mol. The molecule has 27 heavy (non-hydrogen) atoms. The summed E-state index contributed by atoms with van der Waals surface area (Å²) in [4.78, 5) is 26.7. The molecule has 3 aromatic carbocycles. The zero-order valence-electron chi connectivity index (χ0n) is 14.3. The minimum atomic E-state index is -0.143. The minimum absolute atomic E-state index is 0.0103. The summed E-state index contributed by atoms with van der Waals surface area (Å²) in [6, 6.07) is 16.5. The molecular formula is C21H16Cl2N2O2. The van der Waals surface area contributed by atoms with E-state index < -0.39 is 0 Å². The number of carbonyl (C=O) groups is 2. The largest absolute Gasteiger partial charge is 0.326 e. The SMILES string of the molecule is O=C(CCCN1C(=O)c2cccc3cccc1c23)Nc1cc(Cl)cc(Cl)c1. The first-order valence-corrected chi connectivity index (χ1v) is 9.38. The highest BCUT2D eigenvalue weighted by Crippen LogP contribution is 2.37. The number of benzene rings is 3. The van der Waals surface area contributed by atoms with Gasteiger partial charge in [0.2, 0.25) is 5.91 Å². The summed E-state index contributed by atoms with van der Waals surface area (Å²) in [5, 5.41) is 5.76. The Labute approximate surface area is 166 Å². The summed E-state index contributed by atoms with van der Waals surface area (Å²) in [5.41, 5.74) is 2.20. The van der Waals surface area contributed by atoms with Gasteiger partial charge in [-0.05, 0) is 42.1 Å². The maximum absolute atomic E-state index is 12.7. The predicted molar refractivity (Wildman–Crippen MR) is 110 cm³/mol. The molecule has 0 spiro atoms. The summed E-state index contributed by atoms with van der Waals surface area (Å²) in [7, 11) is 0. The van der Waals surface area contributed by atoms with Crippen LogP contribution in [0.4, 0.5) is 11.4 Å². The highest BCUT2D eigenvalue weighted by Gasteiger charge is 2.28. The van der Waals surface area contributed by atoms with E-state index in [4.69, 9.17) is 23.2 Å². The van der Waals surface area contributed by atoms with Crippen LogP contribution in [-0.2, 0) is 4.79 Å². The number of carbonyl (C=O) groups excluding carboxylic acids is 2. The summed E-state index contributed by atoms with van der Waals surface area (Å²) >= 11 is 11.9. The number of anilines is 2. The second-order valence-corrected chi connectivity index (χ2v) is 7.32. The van der Waals surface area contributed by atoms with Gasteiger partial charge in [0, 0.05) is 39.6 Å². The van der Waals surface area contributed by atoms with Crippen molar-refractivity contribution in [3.8, 4) is 0 Å². The topological polar surface area (TPSA) is 49.4 Å². The standard InChI is InChI=1S/C21H16Cl2N2O2/c22-14-10-15(23)12-16(11-14)24-19(26)8-3-9-25-18-7-2-5-13-4-1-6-17(20(13)18)21(25)27/h1-2,4-7,10-12H,3,8-9H2,(H,24,26). The third kappa shape index (κ3) is 3.51. The smallest absolute Gasteiger partial charge is 0.258 e. The molecule has 2 amide bonds. The second kappa shape index (κ2) is 7.22. The highest BCUT2D eigenvalue weighted by molar-refractivity contribution is 6.35. The Hall–Kier alpha value is -2.56. The monoisotopic (exact) mass is 398 g/mol. The van der Waals surface area contributed by atoms with E-state index in [-0.39, 0.29) is 11.8 Å². The molecule has 1 aliphatic heterocycles. The van der Waals surface area contributed by atoms with Gasteiger partial charge in [-0.3, -0.25) is 9.59 Å². The summed E-state index contributed by atoms with van der Waals surface area (Å²) in [6.07, 6.45) is 0.844. The Morgan fingerprint density at radius 1 is 1.00 bits per heavy atom. The van der Waals surface area contributed by atoms with Gasteiger partial charge in [0.05, 0.1) is 5.69 Å². The van der Waals surface area contributed by atoms with Crippen LogP contribution in [0.5, 0.6) is 0 Å². The first-order chi connectivity index (χ1) is 13.0. The average Bonchev–Trinajstić information content (AvgIpc) is 2.89. The number of hydrogen-bond acceptors (Lipinski definition) is 2. The molecule has 0 unspecified atom stereocenters. The van der Waals surface area contributed by atoms with Crippen LogP contribution in [0.3, 0.4) is 0 Å². The van der Waals surface area contributed by atoms with Crippen molar-refractivity contribution < 1.29 is 9.59 Å². The van der Waals surface area contributed by atoms with E-state index in [1.54, 1.807) is 23.1 Å². The zero-order chi connectivity index (χ0) is 19.0. The van der Waals surface area contributed by atoms with Crippen molar-refractivity contribution in [1.82, 2.24) is 0 Å². The Bertz CT molecular complexity index is 1040. The van der Waals surface area contributed by atoms with E-state index >= 15 is 0 Å². The van der Waals surface area contributed by atoms with Gasteiger partial charge in [-0.2, -0.15) is 0 Å². The first kappa shape index (κ1) is 17.8. The van der Waals surface area contributed by atoms with Crippen molar-refractivity contribution in [3.05, 3.63) is 70.2 Å². The van der Waals surface area contributed by atoms with E-state index in [2.05, 4.69) is 5.32 Å². The van der Waals surface area contributed by atoms with Crippen LogP contribution in [0.2, 0.25) is 10.0 Å². The van der Waals surface area contributed by atoms with Crippen LogP contribution < -0.4 is 10.2 Å². The lowest BCUT2D eigenvalue weighted by Gasteiger charge is -2.17. The van der Waals surface area contributed by atoms with E-state index in [1.165, 1.54) is 0 Å². The fourth-order valence-corrected chi connectivity index (χ4v) is 3.97. The van der Waals surface area contributed by atoms with Gasteiger partial charge in [0.15, 0.2) is 0 Å². The molecule has 4 nitrogen and oxygen atoms in total. The van der Waals surface area contributed by atoms with Crippen molar-refractivity contribution in [2.24, 2.45) is 0 Å². The molecule has 0 fully saturated rings. The van der Waals surface area contributed by atoms with E-state index in [9.17, 15) is 9.59 Å². The Morgan fingerprint density at radius 3 is 2.44 bits per heavy atom. The first-order valence-electron chi connectivity index (χ1n) is 8.62. The number of hydrogen-bond donors (Lipinski definition) is 1. The lowest BCUT2D eigenvalue weighted by Crippen LogP contribution is -2.28. The molecule has 1 N–H and O–H groups in total. The van der Waals surface area contributed by atoms with E-state index in [0.717, 1.165) is 22.0 Å². The molecule has 0 aromatic heterocycles. The van der Waals surface area contributed by atoms with Gasteiger partial charge in [-0.25, -0.2) is 0 Å². The molecule has 1 heterocycles. The lowest BCUT2D eigenvalue weighted by molar-refractivity contribution is -0.116. The van der Waals surface area contributed by atoms with Gasteiger partial charge >= 0.3 is 0 Å². The van der Waals surface area contributed by atoms with Crippen LogP contribution >= 0.6 is 23.2 Å². The highest BCUT2D eigenvalue weighted by atomic mass is 35.5. The predicted octanol–water partition coefficient (Wildman–Crippen LogP) is 5.53. The fraction of sp³-hybridized carbons (Fsp3) is 0.143. The molecule has 0 aliphatic carbocycles. The van der Waals surface area contributed by atoms with Crippen LogP contribution in [0.1, 0.15) is 23.2 Å². The van der Waals surface area contributed by atoms with Gasteiger partial charge in [-0.1, -0.05) is 47.5 Å². The van der Waals surface area contributed by atoms with Crippen LogP contribution in [0, 0.1) is 0 Å². The third-order valence-electron chi connectivity index (χ3n) is 4.58. The Kier molecular flexibility index (Phi) is 4.77.